The molecule has 2 unspecified atom stereocenters. The summed E-state index contributed by atoms with van der Waals surface area (Å²) in [7, 11) is 0. The van der Waals surface area contributed by atoms with Crippen LogP contribution in [0.5, 0.6) is 0 Å². The monoisotopic (exact) mass is 218 g/mol. The van der Waals surface area contributed by atoms with Gasteiger partial charge < -0.3 is 5.73 Å². The van der Waals surface area contributed by atoms with Crippen molar-refractivity contribution in [3.63, 3.8) is 0 Å². The van der Waals surface area contributed by atoms with Gasteiger partial charge in [-0.2, -0.15) is 5.26 Å². The molecule has 78 valence electrons. The molecular formula is C12H14N2S. The molecule has 3 heteroatoms. The van der Waals surface area contributed by atoms with Crippen LogP contribution >= 0.6 is 12.2 Å². The van der Waals surface area contributed by atoms with Crippen LogP contribution in [0.3, 0.4) is 0 Å². The van der Waals surface area contributed by atoms with E-state index in [4.69, 9.17) is 23.2 Å². The van der Waals surface area contributed by atoms with E-state index in [1.165, 1.54) is 0 Å². The van der Waals surface area contributed by atoms with Gasteiger partial charge >= 0.3 is 0 Å². The topological polar surface area (TPSA) is 49.8 Å². The van der Waals surface area contributed by atoms with Gasteiger partial charge in [0.25, 0.3) is 0 Å². The zero-order valence-corrected chi connectivity index (χ0v) is 9.50. The van der Waals surface area contributed by atoms with Crippen molar-refractivity contribution in [1.82, 2.24) is 0 Å². The predicted octanol–water partition coefficient (Wildman–Crippen LogP) is 2.61. The molecule has 1 aromatic carbocycles. The summed E-state index contributed by atoms with van der Waals surface area (Å²) in [6, 6.07) is 12.1. The quantitative estimate of drug-likeness (QED) is 0.790. The highest BCUT2D eigenvalue weighted by Gasteiger charge is 2.23. The molecule has 15 heavy (non-hydrogen) atoms. The maximum atomic E-state index is 9.04. The van der Waals surface area contributed by atoms with Gasteiger partial charge in [0.05, 0.1) is 11.1 Å². The molecule has 2 N–H and O–H groups in total. The SMILES string of the molecule is CCC(c1ccccc1)C(C#N)C(N)=S. The highest BCUT2D eigenvalue weighted by atomic mass is 32.1. The highest BCUT2D eigenvalue weighted by molar-refractivity contribution is 7.80. The molecule has 0 saturated carbocycles. The summed E-state index contributed by atoms with van der Waals surface area (Å²) < 4.78 is 0. The minimum Gasteiger partial charge on any atom is -0.392 e. The Bertz CT molecular complexity index is 367. The van der Waals surface area contributed by atoms with Crippen molar-refractivity contribution in [1.29, 1.82) is 5.26 Å². The lowest BCUT2D eigenvalue weighted by atomic mass is 9.85. The van der Waals surface area contributed by atoms with Crippen LogP contribution in [0, 0.1) is 17.2 Å². The minimum absolute atomic E-state index is 0.105. The third kappa shape index (κ3) is 2.77. The Morgan fingerprint density at radius 2 is 2.07 bits per heavy atom. The maximum absolute atomic E-state index is 9.04. The van der Waals surface area contributed by atoms with Crippen molar-refractivity contribution in [2.75, 3.05) is 0 Å². The second kappa shape index (κ2) is 5.47. The van der Waals surface area contributed by atoms with Crippen molar-refractivity contribution < 1.29 is 0 Å². The van der Waals surface area contributed by atoms with E-state index in [0.717, 1.165) is 12.0 Å². The van der Waals surface area contributed by atoms with Crippen LogP contribution in [0.15, 0.2) is 30.3 Å². The van der Waals surface area contributed by atoms with Crippen LogP contribution in [0.1, 0.15) is 24.8 Å². The lowest BCUT2D eigenvalue weighted by Gasteiger charge is -2.19. The van der Waals surface area contributed by atoms with Gasteiger partial charge in [0.2, 0.25) is 0 Å². The van der Waals surface area contributed by atoms with Crippen LogP contribution in [-0.4, -0.2) is 4.99 Å². The first-order chi connectivity index (χ1) is 7.20. The zero-order chi connectivity index (χ0) is 11.3. The summed E-state index contributed by atoms with van der Waals surface area (Å²) in [6.07, 6.45) is 0.861. The van der Waals surface area contributed by atoms with Gasteiger partial charge in [-0.1, -0.05) is 49.5 Å². The normalized spacial score (nSPS) is 13.9. The van der Waals surface area contributed by atoms with Crippen molar-refractivity contribution >= 4 is 17.2 Å². The molecule has 0 aromatic heterocycles. The number of hydrogen-bond donors (Lipinski definition) is 1. The third-order valence-corrected chi connectivity index (χ3v) is 2.77. The molecule has 0 aliphatic carbocycles. The molecule has 0 saturated heterocycles. The van der Waals surface area contributed by atoms with E-state index >= 15 is 0 Å². The molecular weight excluding hydrogens is 204 g/mol. The molecule has 0 heterocycles. The van der Waals surface area contributed by atoms with Crippen LogP contribution < -0.4 is 5.73 Å². The number of benzene rings is 1. The van der Waals surface area contributed by atoms with Gasteiger partial charge in [-0.15, -0.1) is 0 Å². The molecule has 0 radical (unpaired) electrons. The third-order valence-electron chi connectivity index (χ3n) is 2.52. The molecule has 0 aliphatic heterocycles. The predicted molar refractivity (Wildman–Crippen MR) is 65.4 cm³/mol. The first-order valence-corrected chi connectivity index (χ1v) is 5.35. The van der Waals surface area contributed by atoms with Gasteiger partial charge in [-0.25, -0.2) is 0 Å². The van der Waals surface area contributed by atoms with Crippen LogP contribution in [0.2, 0.25) is 0 Å². The zero-order valence-electron chi connectivity index (χ0n) is 8.68. The van der Waals surface area contributed by atoms with E-state index in [2.05, 4.69) is 6.07 Å². The van der Waals surface area contributed by atoms with E-state index in [1.54, 1.807) is 0 Å². The highest BCUT2D eigenvalue weighted by Crippen LogP contribution is 2.27. The van der Waals surface area contributed by atoms with E-state index in [1.807, 2.05) is 37.3 Å². The van der Waals surface area contributed by atoms with E-state index in [-0.39, 0.29) is 16.8 Å². The number of nitrogens with two attached hydrogens (primary N) is 1. The average Bonchev–Trinajstić information content (AvgIpc) is 2.26. The maximum Gasteiger partial charge on any atom is 0.103 e. The van der Waals surface area contributed by atoms with Gasteiger partial charge in [0.15, 0.2) is 0 Å². The summed E-state index contributed by atoms with van der Waals surface area (Å²) in [6.45, 7) is 2.04. The Morgan fingerprint density at radius 3 is 2.47 bits per heavy atom. The van der Waals surface area contributed by atoms with Crippen LogP contribution in [0.4, 0.5) is 0 Å². The fraction of sp³-hybridized carbons (Fsp3) is 0.333. The van der Waals surface area contributed by atoms with Gasteiger partial charge in [-0.3, -0.25) is 0 Å². The Labute approximate surface area is 95.7 Å². The van der Waals surface area contributed by atoms with E-state index < -0.39 is 0 Å². The number of thiocarbonyl (C=S) groups is 1. The van der Waals surface area contributed by atoms with Crippen molar-refractivity contribution in [2.24, 2.45) is 11.7 Å². The van der Waals surface area contributed by atoms with Gasteiger partial charge in [0, 0.05) is 5.92 Å². The van der Waals surface area contributed by atoms with Crippen molar-refractivity contribution in [3.8, 4) is 6.07 Å². The van der Waals surface area contributed by atoms with Crippen LogP contribution in [0.25, 0.3) is 0 Å². The Balaban J connectivity index is 2.99. The second-order valence-electron chi connectivity index (χ2n) is 3.43. The van der Waals surface area contributed by atoms with Crippen LogP contribution in [-0.2, 0) is 0 Å². The first-order valence-electron chi connectivity index (χ1n) is 4.94. The second-order valence-corrected chi connectivity index (χ2v) is 3.91. The summed E-state index contributed by atoms with van der Waals surface area (Å²) in [5.41, 5.74) is 6.69. The summed E-state index contributed by atoms with van der Waals surface area (Å²) in [5, 5.41) is 9.04. The number of hydrogen-bond acceptors (Lipinski definition) is 2. The molecule has 0 amide bonds. The fourth-order valence-corrected chi connectivity index (χ4v) is 1.93. The molecule has 2 nitrogen and oxygen atoms in total. The Hall–Kier alpha value is -1.40. The Kier molecular flexibility index (Phi) is 4.26. The summed E-state index contributed by atoms with van der Waals surface area (Å²) >= 11 is 4.91. The van der Waals surface area contributed by atoms with Crippen molar-refractivity contribution in [2.45, 2.75) is 19.3 Å². The average molecular weight is 218 g/mol. The molecule has 0 aliphatic rings. The lowest BCUT2D eigenvalue weighted by Crippen LogP contribution is -2.25. The largest absolute Gasteiger partial charge is 0.392 e. The van der Waals surface area contributed by atoms with E-state index in [0.29, 0.717) is 0 Å². The molecule has 1 aromatic rings. The number of rotatable bonds is 4. The molecule has 1 rings (SSSR count). The first kappa shape index (κ1) is 11.7. The standard InChI is InChI=1S/C12H14N2S/c1-2-10(11(8-13)12(14)15)9-6-4-3-5-7-9/h3-7,10-11H,2H2,1H3,(H2,14,15). The number of nitrogens with zero attached hydrogens (tertiary/aromatic N) is 1. The smallest absolute Gasteiger partial charge is 0.103 e. The van der Waals surface area contributed by atoms with E-state index in [9.17, 15) is 0 Å². The minimum atomic E-state index is -0.368. The molecule has 2 atom stereocenters. The Morgan fingerprint density at radius 1 is 1.47 bits per heavy atom. The molecule has 0 bridgehead atoms. The summed E-state index contributed by atoms with van der Waals surface area (Å²) in [5.74, 6) is -0.263. The van der Waals surface area contributed by atoms with Gasteiger partial charge in [0.1, 0.15) is 5.92 Å². The fourth-order valence-electron chi connectivity index (χ4n) is 1.72. The molecule has 0 fully saturated rings. The van der Waals surface area contributed by atoms with Gasteiger partial charge in [-0.05, 0) is 12.0 Å². The lowest BCUT2D eigenvalue weighted by molar-refractivity contribution is 0.609. The molecule has 0 spiro atoms. The van der Waals surface area contributed by atoms with Crippen molar-refractivity contribution in [3.05, 3.63) is 35.9 Å². The number of nitriles is 1. The summed E-state index contributed by atoms with van der Waals surface area (Å²) in [4.78, 5) is 0.285.